The van der Waals surface area contributed by atoms with Gasteiger partial charge in [-0.25, -0.2) is 0 Å². The van der Waals surface area contributed by atoms with E-state index in [1.807, 2.05) is 84.9 Å². The average Bonchev–Trinajstić information content (AvgIpc) is 2.86. The van der Waals surface area contributed by atoms with Gasteiger partial charge < -0.3 is 14.2 Å². The molecule has 0 saturated carbocycles. The van der Waals surface area contributed by atoms with E-state index in [2.05, 4.69) is 0 Å². The Labute approximate surface area is 188 Å². The van der Waals surface area contributed by atoms with Gasteiger partial charge in [0.15, 0.2) is 0 Å². The topological polar surface area (TPSA) is 44.8 Å². The van der Waals surface area contributed by atoms with Gasteiger partial charge in [0, 0.05) is 5.56 Å². The maximum Gasteiger partial charge on any atom is 0.150 e. The Kier molecular flexibility index (Phi) is 7.17. The van der Waals surface area contributed by atoms with Crippen molar-refractivity contribution in [3.05, 3.63) is 125 Å². The molecular formula is C28H24O4. The van der Waals surface area contributed by atoms with Gasteiger partial charge in [0.25, 0.3) is 0 Å². The van der Waals surface area contributed by atoms with Gasteiger partial charge in [0.05, 0.1) is 0 Å². The van der Waals surface area contributed by atoms with Crippen molar-refractivity contribution in [1.82, 2.24) is 0 Å². The van der Waals surface area contributed by atoms with E-state index in [0.717, 1.165) is 34.5 Å². The molecule has 0 bridgehead atoms. The fourth-order valence-electron chi connectivity index (χ4n) is 3.20. The summed E-state index contributed by atoms with van der Waals surface area (Å²) >= 11 is 0. The van der Waals surface area contributed by atoms with Crippen LogP contribution in [0.1, 0.15) is 27.0 Å². The lowest BCUT2D eigenvalue weighted by Crippen LogP contribution is -2.00. The molecule has 4 heteroatoms. The first-order valence-electron chi connectivity index (χ1n) is 10.4. The molecule has 0 saturated heterocycles. The van der Waals surface area contributed by atoms with Crippen LogP contribution in [0, 0.1) is 0 Å². The molecule has 0 unspecified atom stereocenters. The fraction of sp³-hybridized carbons (Fsp3) is 0.107. The Morgan fingerprint density at radius 2 is 0.969 bits per heavy atom. The van der Waals surface area contributed by atoms with Gasteiger partial charge in [0.2, 0.25) is 0 Å². The van der Waals surface area contributed by atoms with Crippen LogP contribution >= 0.6 is 0 Å². The minimum Gasteiger partial charge on any atom is -0.489 e. The van der Waals surface area contributed by atoms with E-state index < -0.39 is 0 Å². The number of carbonyl (C=O) groups excluding carboxylic acids is 1. The van der Waals surface area contributed by atoms with E-state index in [-0.39, 0.29) is 0 Å². The summed E-state index contributed by atoms with van der Waals surface area (Å²) in [6.45, 7) is 1.36. The molecule has 0 amide bonds. The van der Waals surface area contributed by atoms with E-state index in [1.165, 1.54) is 0 Å². The summed E-state index contributed by atoms with van der Waals surface area (Å²) in [7, 11) is 0. The van der Waals surface area contributed by atoms with Crippen LogP contribution in [0.3, 0.4) is 0 Å². The molecule has 0 aliphatic rings. The zero-order valence-electron chi connectivity index (χ0n) is 17.6. The first-order chi connectivity index (χ1) is 15.8. The summed E-state index contributed by atoms with van der Waals surface area (Å²) in [6.07, 6.45) is 0.809. The summed E-state index contributed by atoms with van der Waals surface area (Å²) < 4.78 is 17.7. The van der Waals surface area contributed by atoms with Crippen molar-refractivity contribution in [1.29, 1.82) is 0 Å². The summed E-state index contributed by atoms with van der Waals surface area (Å²) in [5, 5.41) is 0. The smallest absolute Gasteiger partial charge is 0.150 e. The molecular weight excluding hydrogens is 400 g/mol. The predicted molar refractivity (Wildman–Crippen MR) is 124 cm³/mol. The Hall–Kier alpha value is -4.05. The van der Waals surface area contributed by atoms with Gasteiger partial charge >= 0.3 is 0 Å². The van der Waals surface area contributed by atoms with Crippen LogP contribution in [0.5, 0.6) is 17.2 Å². The van der Waals surface area contributed by atoms with Crippen LogP contribution < -0.4 is 14.2 Å². The third-order valence-electron chi connectivity index (χ3n) is 4.85. The molecule has 0 heterocycles. The minimum atomic E-state index is 0.391. The van der Waals surface area contributed by atoms with Gasteiger partial charge in [0.1, 0.15) is 43.4 Å². The molecule has 0 spiro atoms. The molecule has 0 aliphatic carbocycles. The molecule has 0 aliphatic heterocycles. The molecule has 0 atom stereocenters. The minimum absolute atomic E-state index is 0.391. The summed E-state index contributed by atoms with van der Waals surface area (Å²) in [4.78, 5) is 10.9. The lowest BCUT2D eigenvalue weighted by Gasteiger charge is -2.11. The van der Waals surface area contributed by atoms with Crippen LogP contribution in [0.25, 0.3) is 0 Å². The number of hydrogen-bond donors (Lipinski definition) is 0. The summed E-state index contributed by atoms with van der Waals surface area (Å²) in [5.41, 5.74) is 3.74. The average molecular weight is 424 g/mol. The quantitative estimate of drug-likeness (QED) is 0.283. The lowest BCUT2D eigenvalue weighted by molar-refractivity contribution is 0.112. The Morgan fingerprint density at radius 1 is 0.500 bits per heavy atom. The van der Waals surface area contributed by atoms with Crippen molar-refractivity contribution in [3.8, 4) is 17.2 Å². The van der Waals surface area contributed by atoms with Gasteiger partial charge in [-0.05, 0) is 53.1 Å². The third kappa shape index (κ3) is 6.22. The third-order valence-corrected chi connectivity index (χ3v) is 4.85. The highest BCUT2D eigenvalue weighted by Gasteiger charge is 2.03. The molecule has 0 fully saturated rings. The van der Waals surface area contributed by atoms with Gasteiger partial charge in [-0.2, -0.15) is 0 Å². The maximum atomic E-state index is 10.9. The first-order valence-corrected chi connectivity index (χ1v) is 10.4. The zero-order chi connectivity index (χ0) is 22.0. The molecule has 0 N–H and O–H groups in total. The Bertz CT molecular complexity index is 1150. The molecule has 4 rings (SSSR count). The second kappa shape index (κ2) is 10.8. The van der Waals surface area contributed by atoms with Crippen molar-refractivity contribution >= 4 is 6.29 Å². The second-order valence-corrected chi connectivity index (χ2v) is 7.34. The van der Waals surface area contributed by atoms with Crippen LogP contribution in [-0.4, -0.2) is 6.29 Å². The number of carbonyl (C=O) groups is 1. The molecule has 160 valence electrons. The molecule has 0 aromatic heterocycles. The largest absolute Gasteiger partial charge is 0.489 e. The van der Waals surface area contributed by atoms with Crippen LogP contribution in [-0.2, 0) is 19.8 Å². The monoisotopic (exact) mass is 424 g/mol. The van der Waals surface area contributed by atoms with Crippen molar-refractivity contribution < 1.29 is 19.0 Å². The Balaban J connectivity index is 1.31. The number of aldehydes is 1. The number of hydrogen-bond acceptors (Lipinski definition) is 4. The SMILES string of the molecule is O=Cc1cccc(OCc2cccc(OCc3cccc(OCc4ccccc4)c3)c2)c1. The maximum absolute atomic E-state index is 10.9. The highest BCUT2D eigenvalue weighted by atomic mass is 16.5. The zero-order valence-corrected chi connectivity index (χ0v) is 17.6. The number of rotatable bonds is 10. The predicted octanol–water partition coefficient (Wildman–Crippen LogP) is 6.24. The fourth-order valence-corrected chi connectivity index (χ4v) is 3.20. The highest BCUT2D eigenvalue weighted by Crippen LogP contribution is 2.20. The molecule has 0 radical (unpaired) electrons. The van der Waals surface area contributed by atoms with E-state index in [4.69, 9.17) is 14.2 Å². The normalized spacial score (nSPS) is 10.4. The molecule has 4 aromatic rings. The van der Waals surface area contributed by atoms with Crippen molar-refractivity contribution in [3.63, 3.8) is 0 Å². The number of benzene rings is 4. The Morgan fingerprint density at radius 3 is 1.53 bits per heavy atom. The van der Waals surface area contributed by atoms with Crippen LogP contribution in [0.15, 0.2) is 103 Å². The van der Waals surface area contributed by atoms with Gasteiger partial charge in [-0.15, -0.1) is 0 Å². The van der Waals surface area contributed by atoms with Gasteiger partial charge in [-0.1, -0.05) is 66.7 Å². The second-order valence-electron chi connectivity index (χ2n) is 7.34. The lowest BCUT2D eigenvalue weighted by atomic mass is 10.2. The van der Waals surface area contributed by atoms with Crippen molar-refractivity contribution in [2.75, 3.05) is 0 Å². The number of ether oxygens (including phenoxy) is 3. The van der Waals surface area contributed by atoms with E-state index in [1.54, 1.807) is 18.2 Å². The van der Waals surface area contributed by atoms with Crippen molar-refractivity contribution in [2.45, 2.75) is 19.8 Å². The molecule has 4 aromatic carbocycles. The molecule has 32 heavy (non-hydrogen) atoms. The first kappa shape index (κ1) is 21.2. The summed E-state index contributed by atoms with van der Waals surface area (Å²) in [6, 6.07) is 32.9. The van der Waals surface area contributed by atoms with Gasteiger partial charge in [-0.3, -0.25) is 4.79 Å². The standard InChI is InChI=1S/C28H24O4/c29-18-23-9-4-12-26(15-23)31-20-25-11-6-14-28(17-25)32-21-24-10-5-13-27(16-24)30-19-22-7-2-1-3-8-22/h1-18H,19-21H2. The van der Waals surface area contributed by atoms with Crippen LogP contribution in [0.4, 0.5) is 0 Å². The van der Waals surface area contributed by atoms with Crippen molar-refractivity contribution in [2.24, 2.45) is 0 Å². The molecule has 4 nitrogen and oxygen atoms in total. The highest BCUT2D eigenvalue weighted by molar-refractivity contribution is 5.75. The van der Waals surface area contributed by atoms with E-state index >= 15 is 0 Å². The van der Waals surface area contributed by atoms with Crippen LogP contribution in [0.2, 0.25) is 0 Å². The van der Waals surface area contributed by atoms with E-state index in [9.17, 15) is 4.79 Å². The van der Waals surface area contributed by atoms with E-state index in [0.29, 0.717) is 31.1 Å². The summed E-state index contributed by atoms with van der Waals surface area (Å²) in [5.74, 6) is 2.24.